The van der Waals surface area contributed by atoms with Crippen molar-refractivity contribution in [3.8, 4) is 5.69 Å². The standard InChI is InChI=1S/C30H30N4O2/c1-23(24-8-4-2-5-9-24)32-29(36)30(26-10-6-3-7-11-26)16-19-33(20-17-30)28(35)25-12-14-27(15-13-25)34-21-18-31-22-34/h2-15,18,21-23H,16-17,19-20H2,1H3,(H,32,36). The van der Waals surface area contributed by atoms with Gasteiger partial charge in [-0.05, 0) is 55.2 Å². The zero-order chi connectivity index (χ0) is 25.0. The zero-order valence-corrected chi connectivity index (χ0v) is 20.4. The number of carbonyl (C=O) groups is 2. The SMILES string of the molecule is CC(NC(=O)C1(c2ccccc2)CCN(C(=O)c2ccc(-n3ccnc3)cc2)CC1)c1ccccc1. The molecule has 0 radical (unpaired) electrons. The monoisotopic (exact) mass is 478 g/mol. The maximum Gasteiger partial charge on any atom is 0.253 e. The van der Waals surface area contributed by atoms with Crippen molar-refractivity contribution in [2.75, 3.05) is 13.1 Å². The van der Waals surface area contributed by atoms with Crippen molar-refractivity contribution in [2.24, 2.45) is 0 Å². The molecule has 5 rings (SSSR count). The number of nitrogens with one attached hydrogen (secondary N) is 1. The third-order valence-electron chi connectivity index (χ3n) is 7.23. The fraction of sp³-hybridized carbons (Fsp3) is 0.233. The van der Waals surface area contributed by atoms with Gasteiger partial charge in [0.2, 0.25) is 5.91 Å². The fourth-order valence-corrected chi connectivity index (χ4v) is 5.03. The number of rotatable bonds is 6. The number of likely N-dealkylation sites (tertiary alicyclic amines) is 1. The molecule has 1 N–H and O–H groups in total. The lowest BCUT2D eigenvalue weighted by molar-refractivity contribution is -0.129. The lowest BCUT2D eigenvalue weighted by Crippen LogP contribution is -2.53. The summed E-state index contributed by atoms with van der Waals surface area (Å²) < 4.78 is 1.90. The van der Waals surface area contributed by atoms with Gasteiger partial charge in [-0.15, -0.1) is 0 Å². The van der Waals surface area contributed by atoms with E-state index in [1.54, 1.807) is 12.5 Å². The van der Waals surface area contributed by atoms with Crippen molar-refractivity contribution in [3.05, 3.63) is 120 Å². The summed E-state index contributed by atoms with van der Waals surface area (Å²) in [4.78, 5) is 33.0. The predicted molar refractivity (Wildman–Crippen MR) is 140 cm³/mol. The van der Waals surface area contributed by atoms with Crippen LogP contribution in [0.25, 0.3) is 5.69 Å². The van der Waals surface area contributed by atoms with E-state index in [0.29, 0.717) is 31.5 Å². The molecule has 2 heterocycles. The van der Waals surface area contributed by atoms with E-state index < -0.39 is 5.41 Å². The topological polar surface area (TPSA) is 67.2 Å². The van der Waals surface area contributed by atoms with Gasteiger partial charge in [-0.25, -0.2) is 4.98 Å². The Morgan fingerprint density at radius 1 is 0.889 bits per heavy atom. The van der Waals surface area contributed by atoms with Gasteiger partial charge in [-0.2, -0.15) is 0 Å². The predicted octanol–water partition coefficient (Wildman–Crippen LogP) is 4.92. The average Bonchev–Trinajstić information content (AvgIpc) is 3.49. The highest BCUT2D eigenvalue weighted by atomic mass is 16.2. The van der Waals surface area contributed by atoms with Crippen molar-refractivity contribution < 1.29 is 9.59 Å². The van der Waals surface area contributed by atoms with Crippen LogP contribution >= 0.6 is 0 Å². The summed E-state index contributed by atoms with van der Waals surface area (Å²) in [6.45, 7) is 3.05. The number of imidazole rings is 1. The first-order valence-electron chi connectivity index (χ1n) is 12.4. The van der Waals surface area contributed by atoms with Gasteiger partial charge in [-0.3, -0.25) is 9.59 Å². The van der Waals surface area contributed by atoms with E-state index in [4.69, 9.17) is 0 Å². The first-order valence-corrected chi connectivity index (χ1v) is 12.4. The number of hydrogen-bond acceptors (Lipinski definition) is 3. The summed E-state index contributed by atoms with van der Waals surface area (Å²) in [6, 6.07) is 27.4. The van der Waals surface area contributed by atoms with E-state index in [2.05, 4.69) is 10.3 Å². The van der Waals surface area contributed by atoms with Gasteiger partial charge in [0.05, 0.1) is 17.8 Å². The molecule has 1 saturated heterocycles. The second-order valence-electron chi connectivity index (χ2n) is 9.36. The largest absolute Gasteiger partial charge is 0.349 e. The maximum atomic E-state index is 13.8. The molecule has 0 spiro atoms. The molecule has 1 aromatic heterocycles. The Balaban J connectivity index is 1.32. The molecule has 1 fully saturated rings. The molecule has 36 heavy (non-hydrogen) atoms. The van der Waals surface area contributed by atoms with E-state index in [1.165, 1.54) is 0 Å². The molecule has 1 atom stereocenters. The lowest BCUT2D eigenvalue weighted by atomic mass is 9.71. The maximum absolute atomic E-state index is 13.8. The third kappa shape index (κ3) is 4.67. The van der Waals surface area contributed by atoms with E-state index in [0.717, 1.165) is 16.8 Å². The summed E-state index contributed by atoms with van der Waals surface area (Å²) in [5.74, 6) is 0.00809. The molecule has 6 heteroatoms. The molecule has 3 aromatic carbocycles. The number of benzene rings is 3. The Morgan fingerprint density at radius 3 is 2.14 bits per heavy atom. The normalized spacial score (nSPS) is 15.8. The zero-order valence-electron chi connectivity index (χ0n) is 20.4. The average molecular weight is 479 g/mol. The third-order valence-corrected chi connectivity index (χ3v) is 7.23. The molecule has 1 aliphatic heterocycles. The van der Waals surface area contributed by atoms with Crippen molar-refractivity contribution in [2.45, 2.75) is 31.2 Å². The van der Waals surface area contributed by atoms with Crippen LogP contribution in [0.1, 0.15) is 47.3 Å². The number of aromatic nitrogens is 2. The Hall–Kier alpha value is -4.19. The van der Waals surface area contributed by atoms with Crippen molar-refractivity contribution in [1.82, 2.24) is 19.8 Å². The number of carbonyl (C=O) groups excluding carboxylic acids is 2. The quantitative estimate of drug-likeness (QED) is 0.428. The van der Waals surface area contributed by atoms with Crippen LogP contribution in [-0.2, 0) is 10.2 Å². The van der Waals surface area contributed by atoms with Gasteiger partial charge in [0.25, 0.3) is 5.91 Å². The van der Waals surface area contributed by atoms with Crippen molar-refractivity contribution in [1.29, 1.82) is 0 Å². The molecular formula is C30H30N4O2. The van der Waals surface area contributed by atoms with Crippen LogP contribution in [0.15, 0.2) is 104 Å². The van der Waals surface area contributed by atoms with Gasteiger partial charge in [0.1, 0.15) is 0 Å². The first-order chi connectivity index (χ1) is 17.6. The van der Waals surface area contributed by atoms with Crippen LogP contribution < -0.4 is 5.32 Å². The van der Waals surface area contributed by atoms with Crippen molar-refractivity contribution in [3.63, 3.8) is 0 Å². The van der Waals surface area contributed by atoms with Crippen LogP contribution in [-0.4, -0.2) is 39.4 Å². The number of nitrogens with zero attached hydrogens (tertiary/aromatic N) is 3. The molecule has 0 aliphatic carbocycles. The second kappa shape index (κ2) is 10.2. The van der Waals surface area contributed by atoms with Gasteiger partial charge in [-0.1, -0.05) is 60.7 Å². The summed E-state index contributed by atoms with van der Waals surface area (Å²) in [6.07, 6.45) is 6.47. The fourth-order valence-electron chi connectivity index (χ4n) is 5.03. The highest BCUT2D eigenvalue weighted by Gasteiger charge is 2.44. The second-order valence-corrected chi connectivity index (χ2v) is 9.36. The van der Waals surface area contributed by atoms with E-state index in [9.17, 15) is 9.59 Å². The Morgan fingerprint density at radius 2 is 1.53 bits per heavy atom. The number of amides is 2. The molecule has 4 aromatic rings. The molecule has 0 saturated carbocycles. The molecule has 1 aliphatic rings. The van der Waals surface area contributed by atoms with Crippen molar-refractivity contribution >= 4 is 11.8 Å². The van der Waals surface area contributed by atoms with Crippen LogP contribution in [0.3, 0.4) is 0 Å². The van der Waals surface area contributed by atoms with Gasteiger partial charge in [0, 0.05) is 36.7 Å². The first kappa shape index (κ1) is 23.5. The number of piperidine rings is 1. The van der Waals surface area contributed by atoms with E-state index in [-0.39, 0.29) is 17.9 Å². The summed E-state index contributed by atoms with van der Waals surface area (Å²) in [5, 5.41) is 3.25. The minimum absolute atomic E-state index is 0.00750. The van der Waals surface area contributed by atoms with Crippen LogP contribution in [0.5, 0.6) is 0 Å². The minimum Gasteiger partial charge on any atom is -0.349 e. The molecule has 0 bridgehead atoms. The van der Waals surface area contributed by atoms with E-state index >= 15 is 0 Å². The highest BCUT2D eigenvalue weighted by Crippen LogP contribution is 2.37. The molecule has 182 valence electrons. The molecule has 6 nitrogen and oxygen atoms in total. The molecule has 1 unspecified atom stereocenters. The Bertz CT molecular complexity index is 1290. The van der Waals surface area contributed by atoms with Gasteiger partial charge < -0.3 is 14.8 Å². The smallest absolute Gasteiger partial charge is 0.253 e. The molecular weight excluding hydrogens is 448 g/mol. The summed E-state index contributed by atoms with van der Waals surface area (Å²) in [7, 11) is 0. The molecule has 2 amide bonds. The van der Waals surface area contributed by atoms with Gasteiger partial charge in [0.15, 0.2) is 0 Å². The Labute approximate surface area is 211 Å². The highest BCUT2D eigenvalue weighted by molar-refractivity contribution is 5.95. The van der Waals surface area contributed by atoms with Gasteiger partial charge >= 0.3 is 0 Å². The Kier molecular flexibility index (Phi) is 6.67. The summed E-state index contributed by atoms with van der Waals surface area (Å²) in [5.41, 5.74) is 3.00. The van der Waals surface area contributed by atoms with Crippen LogP contribution in [0.4, 0.5) is 0 Å². The van der Waals surface area contributed by atoms with E-state index in [1.807, 2.05) is 108 Å². The van der Waals surface area contributed by atoms with Crippen LogP contribution in [0.2, 0.25) is 0 Å². The lowest BCUT2D eigenvalue weighted by Gasteiger charge is -2.41. The summed E-state index contributed by atoms with van der Waals surface area (Å²) >= 11 is 0. The minimum atomic E-state index is -0.674. The van der Waals surface area contributed by atoms with Crippen LogP contribution in [0, 0.1) is 0 Å². The number of hydrogen-bond donors (Lipinski definition) is 1.